The maximum atomic E-state index is 11.6. The van der Waals surface area contributed by atoms with Crippen molar-refractivity contribution < 1.29 is 9.90 Å². The average Bonchev–Trinajstić information content (AvgIpc) is 2.55. The van der Waals surface area contributed by atoms with Crippen molar-refractivity contribution in [3.05, 3.63) is 63.3 Å². The smallest absolute Gasteiger partial charge is 0.336 e. The van der Waals surface area contributed by atoms with Gasteiger partial charge in [0, 0.05) is 18.5 Å². The summed E-state index contributed by atoms with van der Waals surface area (Å²) in [7, 11) is 0. The molecule has 0 amide bonds. The van der Waals surface area contributed by atoms with Crippen LogP contribution in [0.2, 0.25) is 0 Å². The van der Waals surface area contributed by atoms with E-state index >= 15 is 0 Å². The molecule has 2 heterocycles. The Labute approximate surface area is 140 Å². The molecule has 1 aliphatic heterocycles. The first-order valence-corrected chi connectivity index (χ1v) is 8.14. The van der Waals surface area contributed by atoms with E-state index in [0.717, 1.165) is 37.2 Å². The van der Waals surface area contributed by atoms with Gasteiger partial charge in [0.15, 0.2) is 0 Å². The van der Waals surface area contributed by atoms with Crippen LogP contribution in [0.5, 0.6) is 0 Å². The summed E-state index contributed by atoms with van der Waals surface area (Å²) < 4.78 is 0. The zero-order chi connectivity index (χ0) is 17.1. The number of piperidine rings is 1. The Morgan fingerprint density at radius 2 is 2.04 bits per heavy atom. The van der Waals surface area contributed by atoms with Crippen LogP contribution in [-0.4, -0.2) is 39.0 Å². The Morgan fingerprint density at radius 1 is 1.33 bits per heavy atom. The first-order chi connectivity index (χ1) is 11.5. The number of carboxylic acids is 1. The van der Waals surface area contributed by atoms with E-state index in [1.807, 2.05) is 12.1 Å². The number of carbonyl (C=O) groups is 1. The fourth-order valence-corrected chi connectivity index (χ4v) is 3.31. The number of aryl methyl sites for hydroxylation is 1. The summed E-state index contributed by atoms with van der Waals surface area (Å²) in [6, 6.07) is 8.73. The van der Waals surface area contributed by atoms with Gasteiger partial charge < -0.3 is 10.1 Å². The van der Waals surface area contributed by atoms with Crippen LogP contribution in [0.1, 0.15) is 46.2 Å². The van der Waals surface area contributed by atoms with Crippen molar-refractivity contribution in [3.8, 4) is 0 Å². The maximum Gasteiger partial charge on any atom is 0.336 e. The lowest BCUT2D eigenvalue weighted by molar-refractivity contribution is 0.0694. The molecule has 126 valence electrons. The van der Waals surface area contributed by atoms with Crippen LogP contribution in [0.3, 0.4) is 0 Å². The molecular weight excluding hydrogens is 306 g/mol. The second kappa shape index (κ2) is 6.97. The lowest BCUT2D eigenvalue weighted by atomic mass is 9.92. The predicted octanol–water partition coefficient (Wildman–Crippen LogP) is 2.16. The number of H-pyrrole nitrogens is 1. The van der Waals surface area contributed by atoms with Crippen LogP contribution in [0.25, 0.3) is 0 Å². The van der Waals surface area contributed by atoms with Crippen LogP contribution >= 0.6 is 0 Å². The van der Waals surface area contributed by atoms with Crippen molar-refractivity contribution in [1.82, 2.24) is 14.9 Å². The highest BCUT2D eigenvalue weighted by atomic mass is 16.4. The largest absolute Gasteiger partial charge is 0.478 e. The Balaban J connectivity index is 1.65. The van der Waals surface area contributed by atoms with E-state index in [0.29, 0.717) is 17.9 Å². The molecule has 6 heteroatoms. The van der Waals surface area contributed by atoms with Crippen molar-refractivity contribution >= 4 is 5.97 Å². The fraction of sp³-hybridized carbons (Fsp3) is 0.389. The molecule has 0 spiro atoms. The summed E-state index contributed by atoms with van der Waals surface area (Å²) in [5.74, 6) is 0.0518. The van der Waals surface area contributed by atoms with Gasteiger partial charge in [0.05, 0.1) is 11.3 Å². The van der Waals surface area contributed by atoms with Gasteiger partial charge in [-0.2, -0.15) is 0 Å². The highest BCUT2D eigenvalue weighted by molar-refractivity contribution is 5.89. The number of carboxylic acid groups (broad SMARTS) is 1. The first-order valence-electron chi connectivity index (χ1n) is 8.14. The molecule has 3 rings (SSSR count). The Kier molecular flexibility index (Phi) is 4.76. The van der Waals surface area contributed by atoms with Gasteiger partial charge in [-0.25, -0.2) is 9.78 Å². The summed E-state index contributed by atoms with van der Waals surface area (Å²) in [5.41, 5.74) is 1.97. The Bertz CT molecular complexity index is 792. The van der Waals surface area contributed by atoms with Gasteiger partial charge in [-0.3, -0.25) is 9.69 Å². The van der Waals surface area contributed by atoms with E-state index < -0.39 is 5.97 Å². The monoisotopic (exact) mass is 327 g/mol. The number of aromatic nitrogens is 2. The van der Waals surface area contributed by atoms with Gasteiger partial charge in [-0.15, -0.1) is 0 Å². The molecule has 2 aromatic rings. The molecule has 0 unspecified atom stereocenters. The summed E-state index contributed by atoms with van der Waals surface area (Å²) in [6.07, 6.45) is 1.84. The second-order valence-electron chi connectivity index (χ2n) is 6.27. The van der Waals surface area contributed by atoms with Crippen LogP contribution in [0.4, 0.5) is 0 Å². The van der Waals surface area contributed by atoms with Gasteiger partial charge in [0.25, 0.3) is 5.56 Å². The molecule has 1 aromatic heterocycles. The summed E-state index contributed by atoms with van der Waals surface area (Å²) >= 11 is 0. The number of hydrogen-bond acceptors (Lipinski definition) is 4. The quantitative estimate of drug-likeness (QED) is 0.898. The fourth-order valence-electron chi connectivity index (χ4n) is 3.31. The lowest BCUT2D eigenvalue weighted by Crippen LogP contribution is -2.33. The minimum atomic E-state index is -0.885. The minimum absolute atomic E-state index is 0.102. The minimum Gasteiger partial charge on any atom is -0.478 e. The third-order valence-corrected chi connectivity index (χ3v) is 4.53. The van der Waals surface area contributed by atoms with Gasteiger partial charge in [0.2, 0.25) is 0 Å². The van der Waals surface area contributed by atoms with E-state index in [2.05, 4.69) is 14.9 Å². The van der Waals surface area contributed by atoms with Gasteiger partial charge >= 0.3 is 5.97 Å². The number of nitrogens with one attached hydrogen (secondary N) is 1. The zero-order valence-electron chi connectivity index (χ0n) is 13.7. The molecule has 0 saturated carbocycles. The molecule has 0 aliphatic carbocycles. The predicted molar refractivity (Wildman–Crippen MR) is 90.2 cm³/mol. The number of hydrogen-bond donors (Lipinski definition) is 2. The Hall–Kier alpha value is -2.47. The zero-order valence-corrected chi connectivity index (χ0v) is 13.7. The van der Waals surface area contributed by atoms with Crippen LogP contribution in [-0.2, 0) is 6.54 Å². The molecule has 0 radical (unpaired) electrons. The van der Waals surface area contributed by atoms with Crippen molar-refractivity contribution in [3.63, 3.8) is 0 Å². The molecular formula is C18H21N3O3. The molecule has 6 nitrogen and oxygen atoms in total. The molecule has 0 bridgehead atoms. The van der Waals surface area contributed by atoms with E-state index in [1.165, 1.54) is 0 Å². The molecule has 1 saturated heterocycles. The maximum absolute atomic E-state index is 11.6. The molecule has 0 atom stereocenters. The van der Waals surface area contributed by atoms with E-state index in [9.17, 15) is 14.7 Å². The van der Waals surface area contributed by atoms with Gasteiger partial charge in [-0.05, 0) is 44.5 Å². The van der Waals surface area contributed by atoms with Crippen molar-refractivity contribution in [2.24, 2.45) is 0 Å². The number of aromatic carboxylic acids is 1. The molecule has 1 fully saturated rings. The van der Waals surface area contributed by atoms with Crippen molar-refractivity contribution in [2.45, 2.75) is 32.2 Å². The first kappa shape index (κ1) is 16.4. The van der Waals surface area contributed by atoms with Gasteiger partial charge in [0.1, 0.15) is 5.82 Å². The topological polar surface area (TPSA) is 86.3 Å². The third-order valence-electron chi connectivity index (χ3n) is 4.53. The molecule has 1 aliphatic rings. The SMILES string of the molecule is Cc1nc(C2CCN(Cc3ccccc3C(=O)O)CC2)cc(=O)[nH]1. The van der Waals surface area contributed by atoms with Crippen molar-refractivity contribution in [2.75, 3.05) is 13.1 Å². The number of benzene rings is 1. The summed E-state index contributed by atoms with van der Waals surface area (Å²) in [4.78, 5) is 32.3. The van der Waals surface area contributed by atoms with E-state index in [1.54, 1.807) is 25.1 Å². The molecule has 24 heavy (non-hydrogen) atoms. The average molecular weight is 327 g/mol. The molecule has 2 N–H and O–H groups in total. The number of likely N-dealkylation sites (tertiary alicyclic amines) is 1. The van der Waals surface area contributed by atoms with Crippen LogP contribution in [0, 0.1) is 6.92 Å². The second-order valence-corrected chi connectivity index (χ2v) is 6.27. The number of nitrogens with zero attached hydrogens (tertiary/aromatic N) is 2. The van der Waals surface area contributed by atoms with E-state index in [4.69, 9.17) is 0 Å². The van der Waals surface area contributed by atoms with Gasteiger partial charge in [-0.1, -0.05) is 18.2 Å². The van der Waals surface area contributed by atoms with Crippen LogP contribution in [0.15, 0.2) is 35.1 Å². The summed E-state index contributed by atoms with van der Waals surface area (Å²) in [5, 5.41) is 9.28. The Morgan fingerprint density at radius 3 is 2.71 bits per heavy atom. The van der Waals surface area contributed by atoms with Crippen molar-refractivity contribution in [1.29, 1.82) is 0 Å². The third kappa shape index (κ3) is 3.71. The van der Waals surface area contributed by atoms with E-state index in [-0.39, 0.29) is 11.5 Å². The number of rotatable bonds is 4. The molecule has 1 aromatic carbocycles. The highest BCUT2D eigenvalue weighted by Crippen LogP contribution is 2.27. The highest BCUT2D eigenvalue weighted by Gasteiger charge is 2.23. The lowest BCUT2D eigenvalue weighted by Gasteiger charge is -2.32. The standard InChI is InChI=1S/C18H21N3O3/c1-12-19-16(10-17(22)20-12)13-6-8-21(9-7-13)11-14-4-2-3-5-15(14)18(23)24/h2-5,10,13H,6-9,11H2,1H3,(H,23,24)(H,19,20,22). The normalized spacial score (nSPS) is 16.2. The van der Waals surface area contributed by atoms with Crippen LogP contribution < -0.4 is 5.56 Å². The number of aromatic amines is 1. The summed E-state index contributed by atoms with van der Waals surface area (Å²) in [6.45, 7) is 4.16.